The number of nitriles is 1. The first-order valence-electron chi connectivity index (χ1n) is 9.55. The summed E-state index contributed by atoms with van der Waals surface area (Å²) < 4.78 is 6.93. The molecule has 0 aliphatic heterocycles. The molecule has 154 valence electrons. The maximum absolute atomic E-state index is 12.1. The summed E-state index contributed by atoms with van der Waals surface area (Å²) in [6.45, 7) is 5.12. The van der Waals surface area contributed by atoms with E-state index in [0.29, 0.717) is 50.2 Å². The second kappa shape index (κ2) is 10.9. The second-order valence-electron chi connectivity index (χ2n) is 6.62. The molecule has 0 fully saturated rings. The van der Waals surface area contributed by atoms with Crippen LogP contribution in [0.3, 0.4) is 0 Å². The summed E-state index contributed by atoms with van der Waals surface area (Å²) in [7, 11) is 1.55. The molecule has 0 unspecified atom stereocenters. The smallest absolute Gasteiger partial charge is 0.251 e. The number of nitrogens with one attached hydrogen (secondary N) is 2. The molecule has 0 saturated carbocycles. The van der Waals surface area contributed by atoms with Gasteiger partial charge in [0, 0.05) is 30.8 Å². The van der Waals surface area contributed by atoms with Crippen molar-refractivity contribution >= 4 is 11.8 Å². The third-order valence-corrected chi connectivity index (χ3v) is 4.63. The SMILES string of the molecule is COc1cccc(C(=O)NCCNC(=O)CCc2c(C)nn(CCC#N)c2C)c1. The molecule has 0 aliphatic rings. The lowest BCUT2D eigenvalue weighted by Crippen LogP contribution is -2.34. The summed E-state index contributed by atoms with van der Waals surface area (Å²) in [6.07, 6.45) is 1.34. The Kier molecular flexibility index (Phi) is 8.22. The lowest BCUT2D eigenvalue weighted by molar-refractivity contribution is -0.121. The van der Waals surface area contributed by atoms with Crippen molar-refractivity contribution < 1.29 is 14.3 Å². The Labute approximate surface area is 170 Å². The minimum Gasteiger partial charge on any atom is -0.497 e. The van der Waals surface area contributed by atoms with Gasteiger partial charge in [-0.1, -0.05) is 6.07 Å². The van der Waals surface area contributed by atoms with Crippen LogP contribution >= 0.6 is 0 Å². The maximum Gasteiger partial charge on any atom is 0.251 e. The number of carbonyl (C=O) groups is 2. The van der Waals surface area contributed by atoms with Gasteiger partial charge in [0.1, 0.15) is 5.75 Å². The van der Waals surface area contributed by atoms with E-state index < -0.39 is 0 Å². The van der Waals surface area contributed by atoms with Crippen molar-refractivity contribution in [2.75, 3.05) is 20.2 Å². The van der Waals surface area contributed by atoms with Gasteiger partial charge in [0.15, 0.2) is 0 Å². The van der Waals surface area contributed by atoms with Crippen LogP contribution in [0.2, 0.25) is 0 Å². The number of aromatic nitrogens is 2. The monoisotopic (exact) mass is 397 g/mol. The predicted molar refractivity (Wildman–Crippen MR) is 109 cm³/mol. The molecule has 0 radical (unpaired) electrons. The van der Waals surface area contributed by atoms with Gasteiger partial charge in [-0.2, -0.15) is 10.4 Å². The largest absolute Gasteiger partial charge is 0.497 e. The number of aryl methyl sites for hydroxylation is 2. The molecule has 0 spiro atoms. The van der Waals surface area contributed by atoms with Crippen LogP contribution in [0.25, 0.3) is 0 Å². The van der Waals surface area contributed by atoms with Gasteiger partial charge in [0.05, 0.1) is 31.8 Å². The summed E-state index contributed by atoms with van der Waals surface area (Å²) in [6, 6.07) is 9.01. The highest BCUT2D eigenvalue weighted by Gasteiger charge is 2.13. The Hall–Kier alpha value is -3.34. The molecule has 1 aromatic heterocycles. The highest BCUT2D eigenvalue weighted by molar-refractivity contribution is 5.94. The van der Waals surface area contributed by atoms with Crippen LogP contribution in [0, 0.1) is 25.2 Å². The number of benzene rings is 1. The average Bonchev–Trinajstić information content (AvgIpc) is 3.00. The Morgan fingerprint density at radius 3 is 2.72 bits per heavy atom. The van der Waals surface area contributed by atoms with Crippen molar-refractivity contribution in [2.24, 2.45) is 0 Å². The van der Waals surface area contributed by atoms with Gasteiger partial charge in [-0.3, -0.25) is 14.3 Å². The standard InChI is InChI=1S/C21H27N5O3/c1-15-19(16(2)26(25-15)13-5-10-22)8-9-20(27)23-11-12-24-21(28)17-6-4-7-18(14-17)29-3/h4,6-7,14H,5,8-9,11-13H2,1-3H3,(H,23,27)(H,24,28). The van der Waals surface area contributed by atoms with E-state index in [1.54, 1.807) is 31.4 Å². The van der Waals surface area contributed by atoms with E-state index in [4.69, 9.17) is 10.00 Å². The fraction of sp³-hybridized carbons (Fsp3) is 0.429. The number of nitrogens with zero attached hydrogens (tertiary/aromatic N) is 3. The van der Waals surface area contributed by atoms with Crippen LogP contribution in [0.5, 0.6) is 5.75 Å². The number of ether oxygens (including phenoxy) is 1. The summed E-state index contributed by atoms with van der Waals surface area (Å²) in [5.74, 6) is 0.325. The van der Waals surface area contributed by atoms with E-state index in [0.717, 1.165) is 17.0 Å². The molecule has 2 aromatic rings. The van der Waals surface area contributed by atoms with Crippen LogP contribution in [-0.4, -0.2) is 41.8 Å². The molecule has 1 aromatic carbocycles. The van der Waals surface area contributed by atoms with Gasteiger partial charge < -0.3 is 15.4 Å². The van der Waals surface area contributed by atoms with Gasteiger partial charge in [-0.15, -0.1) is 0 Å². The van der Waals surface area contributed by atoms with Gasteiger partial charge in [-0.05, 0) is 44.0 Å². The molecule has 2 amide bonds. The van der Waals surface area contributed by atoms with E-state index in [1.165, 1.54) is 0 Å². The summed E-state index contributed by atoms with van der Waals surface area (Å²) in [5, 5.41) is 18.7. The molecule has 8 heteroatoms. The Morgan fingerprint density at radius 2 is 2.00 bits per heavy atom. The average molecular weight is 397 g/mol. The maximum atomic E-state index is 12.1. The Bertz CT molecular complexity index is 898. The topological polar surface area (TPSA) is 109 Å². The van der Waals surface area contributed by atoms with E-state index in [1.807, 2.05) is 18.5 Å². The molecule has 0 saturated heterocycles. The van der Waals surface area contributed by atoms with Gasteiger partial charge in [0.2, 0.25) is 5.91 Å². The molecule has 2 rings (SSSR count). The lowest BCUT2D eigenvalue weighted by atomic mass is 10.1. The third kappa shape index (κ3) is 6.35. The van der Waals surface area contributed by atoms with E-state index >= 15 is 0 Å². The van der Waals surface area contributed by atoms with Crippen LogP contribution < -0.4 is 15.4 Å². The molecule has 0 aliphatic carbocycles. The Balaban J connectivity index is 1.73. The molecule has 2 N–H and O–H groups in total. The van der Waals surface area contributed by atoms with Crippen molar-refractivity contribution in [3.63, 3.8) is 0 Å². The van der Waals surface area contributed by atoms with E-state index in [-0.39, 0.29) is 11.8 Å². The van der Waals surface area contributed by atoms with Crippen LogP contribution in [0.4, 0.5) is 0 Å². The van der Waals surface area contributed by atoms with Gasteiger partial charge in [-0.25, -0.2) is 0 Å². The van der Waals surface area contributed by atoms with Crippen molar-refractivity contribution in [3.8, 4) is 11.8 Å². The van der Waals surface area contributed by atoms with Crippen LogP contribution in [0.1, 0.15) is 40.2 Å². The molecule has 0 atom stereocenters. The van der Waals surface area contributed by atoms with Crippen molar-refractivity contribution in [1.29, 1.82) is 5.26 Å². The first-order valence-corrected chi connectivity index (χ1v) is 9.55. The predicted octanol–water partition coefficient (Wildman–Crippen LogP) is 1.90. The number of hydrogen-bond acceptors (Lipinski definition) is 5. The lowest BCUT2D eigenvalue weighted by Gasteiger charge is -2.08. The number of rotatable bonds is 10. The second-order valence-corrected chi connectivity index (χ2v) is 6.62. The highest BCUT2D eigenvalue weighted by atomic mass is 16.5. The third-order valence-electron chi connectivity index (χ3n) is 4.63. The number of hydrogen-bond donors (Lipinski definition) is 2. The first kappa shape index (κ1) is 22.0. The molecule has 29 heavy (non-hydrogen) atoms. The zero-order valence-electron chi connectivity index (χ0n) is 17.1. The zero-order chi connectivity index (χ0) is 21.2. The van der Waals surface area contributed by atoms with E-state index in [9.17, 15) is 9.59 Å². The zero-order valence-corrected chi connectivity index (χ0v) is 17.1. The van der Waals surface area contributed by atoms with Crippen molar-refractivity contribution in [3.05, 3.63) is 46.8 Å². The summed E-state index contributed by atoms with van der Waals surface area (Å²) >= 11 is 0. The minimum absolute atomic E-state index is 0.0794. The number of carbonyl (C=O) groups excluding carboxylic acids is 2. The molecular weight excluding hydrogens is 370 g/mol. The van der Waals surface area contributed by atoms with E-state index in [2.05, 4.69) is 21.8 Å². The first-order chi connectivity index (χ1) is 14.0. The Morgan fingerprint density at radius 1 is 1.24 bits per heavy atom. The van der Waals surface area contributed by atoms with Gasteiger partial charge >= 0.3 is 0 Å². The fourth-order valence-electron chi connectivity index (χ4n) is 3.04. The van der Waals surface area contributed by atoms with Gasteiger partial charge in [0.25, 0.3) is 5.91 Å². The highest BCUT2D eigenvalue weighted by Crippen LogP contribution is 2.15. The number of amides is 2. The van der Waals surface area contributed by atoms with Crippen molar-refractivity contribution in [1.82, 2.24) is 20.4 Å². The molecular formula is C21H27N5O3. The van der Waals surface area contributed by atoms with Crippen LogP contribution in [0.15, 0.2) is 24.3 Å². The number of methoxy groups -OCH3 is 1. The minimum atomic E-state index is -0.214. The quantitative estimate of drug-likeness (QED) is 0.595. The molecule has 1 heterocycles. The van der Waals surface area contributed by atoms with Crippen molar-refractivity contribution in [2.45, 2.75) is 39.7 Å². The van der Waals surface area contributed by atoms with Crippen LogP contribution in [-0.2, 0) is 17.8 Å². The normalized spacial score (nSPS) is 10.3. The summed E-state index contributed by atoms with van der Waals surface area (Å²) in [4.78, 5) is 24.2. The summed E-state index contributed by atoms with van der Waals surface area (Å²) in [5.41, 5.74) is 3.44. The molecule has 8 nitrogen and oxygen atoms in total. The fourth-order valence-corrected chi connectivity index (χ4v) is 3.04. The molecule has 0 bridgehead atoms.